The molecule has 0 radical (unpaired) electrons. The van der Waals surface area contributed by atoms with Gasteiger partial charge in [-0.15, -0.1) is 23.4 Å². The van der Waals surface area contributed by atoms with Crippen LogP contribution in [0.2, 0.25) is 0 Å². The first-order valence-electron chi connectivity index (χ1n) is 9.29. The fourth-order valence-electron chi connectivity index (χ4n) is 4.04. The Morgan fingerprint density at radius 3 is 2.64 bits per heavy atom. The molecule has 6 atom stereocenters. The molecule has 160 valence electrons. The van der Waals surface area contributed by atoms with Crippen LogP contribution in [0.25, 0.3) is 0 Å². The molecule has 1 aliphatic heterocycles. The molecule has 1 saturated carbocycles. The van der Waals surface area contributed by atoms with Crippen molar-refractivity contribution in [1.82, 2.24) is 5.32 Å². The first-order valence-corrected chi connectivity index (χ1v) is 11.0. The van der Waals surface area contributed by atoms with Gasteiger partial charge in [-0.2, -0.15) is 0 Å². The van der Waals surface area contributed by atoms with E-state index < -0.39 is 40.7 Å². The first-order chi connectivity index (χ1) is 13.1. The summed E-state index contributed by atoms with van der Waals surface area (Å²) in [6, 6.07) is 0. The fourth-order valence-corrected chi connectivity index (χ4v) is 5.05. The summed E-state index contributed by atoms with van der Waals surface area (Å²) in [5, 5.41) is 13.4. The fraction of sp³-hybridized carbons (Fsp3) is 0.789. The first kappa shape index (κ1) is 23.5. The van der Waals surface area contributed by atoms with E-state index in [2.05, 4.69) is 11.4 Å². The van der Waals surface area contributed by atoms with E-state index in [-0.39, 0.29) is 12.0 Å². The molecule has 28 heavy (non-hydrogen) atoms. The predicted molar refractivity (Wildman–Crippen MR) is 108 cm³/mol. The summed E-state index contributed by atoms with van der Waals surface area (Å²) in [5.41, 5.74) is 0.598. The molecule has 1 heterocycles. The number of amides is 2. The number of halogens is 1. The van der Waals surface area contributed by atoms with Gasteiger partial charge in [0.15, 0.2) is 0 Å². The van der Waals surface area contributed by atoms with E-state index >= 15 is 0 Å². The lowest BCUT2D eigenvalue weighted by Gasteiger charge is -2.48. The molecule has 2 N–H and O–H groups in total. The van der Waals surface area contributed by atoms with E-state index in [1.807, 2.05) is 27.0 Å². The van der Waals surface area contributed by atoms with Gasteiger partial charge in [-0.1, -0.05) is 11.6 Å². The minimum atomic E-state index is -1.07. The molecule has 2 rings (SSSR count). The summed E-state index contributed by atoms with van der Waals surface area (Å²) < 4.78 is 17.2. The van der Waals surface area contributed by atoms with Crippen molar-refractivity contribution in [1.29, 1.82) is 0 Å². The zero-order chi connectivity index (χ0) is 21.1. The van der Waals surface area contributed by atoms with Gasteiger partial charge in [0.2, 0.25) is 5.91 Å². The number of alkyl halides is 1. The normalized spacial score (nSPS) is 37.1. The Morgan fingerprint density at radius 1 is 1.43 bits per heavy atom. The Labute approximate surface area is 175 Å². The molecule has 0 aromatic carbocycles. The molecule has 9 heteroatoms. The minimum absolute atomic E-state index is 0.0471. The smallest absolute Gasteiger partial charge is 0.414 e. The molecule has 0 aromatic heterocycles. The number of rotatable bonds is 7. The average Bonchev–Trinajstić information content (AvgIpc) is 3.31. The van der Waals surface area contributed by atoms with Crippen LogP contribution in [0.5, 0.6) is 0 Å². The van der Waals surface area contributed by atoms with Gasteiger partial charge in [0, 0.05) is 7.11 Å². The van der Waals surface area contributed by atoms with Crippen LogP contribution < -0.4 is 5.32 Å². The van der Waals surface area contributed by atoms with Crippen LogP contribution in [0.1, 0.15) is 40.0 Å². The Kier molecular flexibility index (Phi) is 7.83. The van der Waals surface area contributed by atoms with Crippen molar-refractivity contribution in [2.45, 2.75) is 68.9 Å². The van der Waals surface area contributed by atoms with Gasteiger partial charge in [-0.05, 0) is 46.3 Å². The van der Waals surface area contributed by atoms with Crippen molar-refractivity contribution >= 4 is 35.4 Å². The van der Waals surface area contributed by atoms with Gasteiger partial charge in [0.05, 0.1) is 12.0 Å². The van der Waals surface area contributed by atoms with Crippen molar-refractivity contribution in [3.63, 3.8) is 0 Å². The lowest BCUT2D eigenvalue weighted by molar-refractivity contribution is -0.145. The molecule has 2 amide bonds. The Balaban J connectivity index is 2.20. The summed E-state index contributed by atoms with van der Waals surface area (Å²) in [5.74, 6) is -1.38. The van der Waals surface area contributed by atoms with Crippen molar-refractivity contribution in [3.05, 3.63) is 11.6 Å². The van der Waals surface area contributed by atoms with E-state index in [1.54, 1.807) is 0 Å². The SMILES string of the molecule is CO[C@H]1C([C@]2(C)OC2CC=C(C)C)[C@@](O)(SC)CC[C@H]1OC(=O)NC(=O)CCl. The number of methoxy groups -OCH3 is 1. The molecule has 1 aliphatic carbocycles. The number of allylic oxidation sites excluding steroid dienone is 1. The van der Waals surface area contributed by atoms with Crippen LogP contribution in [0.3, 0.4) is 0 Å². The number of thioether (sulfide) groups is 1. The van der Waals surface area contributed by atoms with Gasteiger partial charge in [0.1, 0.15) is 28.6 Å². The standard InChI is InChI=1S/C19H30ClNO6S/c1-11(2)6-7-13-18(3,27-13)16-15(25-4)12(8-9-19(16,24)28-5)26-17(23)21-14(22)10-20/h6,12-13,15-16,24H,7-10H2,1-5H3,(H,21,22,23)/t12-,13?,15-,16?,18-,19+/m1/s1. The van der Waals surface area contributed by atoms with Gasteiger partial charge in [0.25, 0.3) is 0 Å². The molecular weight excluding hydrogens is 406 g/mol. The molecule has 2 aliphatic rings. The number of hydrogen-bond acceptors (Lipinski definition) is 7. The van der Waals surface area contributed by atoms with Crippen LogP contribution in [0, 0.1) is 5.92 Å². The average molecular weight is 436 g/mol. The summed E-state index contributed by atoms with van der Waals surface area (Å²) >= 11 is 6.76. The van der Waals surface area contributed by atoms with Crippen molar-refractivity contribution in [2.75, 3.05) is 19.2 Å². The third-order valence-electron chi connectivity index (χ3n) is 5.55. The monoisotopic (exact) mass is 435 g/mol. The molecule has 2 fully saturated rings. The van der Waals surface area contributed by atoms with Crippen LogP contribution in [-0.4, -0.2) is 65.2 Å². The minimum Gasteiger partial charge on any atom is -0.443 e. The van der Waals surface area contributed by atoms with Crippen LogP contribution in [-0.2, 0) is 19.0 Å². The number of epoxide rings is 1. The predicted octanol–water partition coefficient (Wildman–Crippen LogP) is 2.84. The second kappa shape index (κ2) is 9.34. The molecule has 7 nitrogen and oxygen atoms in total. The summed E-state index contributed by atoms with van der Waals surface area (Å²) in [6.45, 7) is 6.02. The zero-order valence-corrected chi connectivity index (χ0v) is 18.6. The number of aliphatic hydroxyl groups is 1. The highest BCUT2D eigenvalue weighted by atomic mass is 35.5. The Morgan fingerprint density at radius 2 is 2.11 bits per heavy atom. The molecule has 0 bridgehead atoms. The lowest BCUT2D eigenvalue weighted by atomic mass is 9.72. The van der Waals surface area contributed by atoms with E-state index in [1.165, 1.54) is 24.4 Å². The van der Waals surface area contributed by atoms with Gasteiger partial charge >= 0.3 is 6.09 Å². The topological polar surface area (TPSA) is 97.4 Å². The molecule has 0 aromatic rings. The third kappa shape index (κ3) is 5.02. The van der Waals surface area contributed by atoms with E-state index in [0.29, 0.717) is 12.8 Å². The Hall–Kier alpha value is -0.800. The van der Waals surface area contributed by atoms with Crippen molar-refractivity contribution in [2.24, 2.45) is 5.92 Å². The van der Waals surface area contributed by atoms with Gasteiger partial charge in [-0.25, -0.2) is 4.79 Å². The number of alkyl carbamates (subject to hydrolysis) is 1. The second-order valence-corrected chi connectivity index (χ2v) is 9.08. The largest absolute Gasteiger partial charge is 0.443 e. The molecule has 1 saturated heterocycles. The number of imide groups is 1. The maximum Gasteiger partial charge on any atom is 0.414 e. The van der Waals surface area contributed by atoms with E-state index in [0.717, 1.165) is 6.42 Å². The number of carbonyl (C=O) groups excluding carboxylic acids is 2. The third-order valence-corrected chi connectivity index (χ3v) is 6.96. The summed E-state index contributed by atoms with van der Waals surface area (Å²) in [6.07, 6.45) is 3.41. The Bertz CT molecular complexity index is 628. The highest BCUT2D eigenvalue weighted by molar-refractivity contribution is 7.99. The molecule has 0 spiro atoms. The second-order valence-electron chi connectivity index (χ2n) is 7.70. The summed E-state index contributed by atoms with van der Waals surface area (Å²) in [4.78, 5) is 22.3. The highest BCUT2D eigenvalue weighted by Gasteiger charge is 2.67. The van der Waals surface area contributed by atoms with Crippen LogP contribution >= 0.6 is 23.4 Å². The maximum absolute atomic E-state index is 12.0. The van der Waals surface area contributed by atoms with Crippen LogP contribution in [0.4, 0.5) is 4.79 Å². The van der Waals surface area contributed by atoms with E-state index in [9.17, 15) is 14.7 Å². The number of nitrogens with one attached hydrogen (secondary N) is 1. The van der Waals surface area contributed by atoms with Gasteiger partial charge < -0.3 is 19.3 Å². The number of hydrogen-bond donors (Lipinski definition) is 2. The lowest BCUT2D eigenvalue weighted by Crippen LogP contribution is -2.59. The zero-order valence-electron chi connectivity index (χ0n) is 17.0. The van der Waals surface area contributed by atoms with Gasteiger partial charge in [-0.3, -0.25) is 10.1 Å². The summed E-state index contributed by atoms with van der Waals surface area (Å²) in [7, 11) is 1.53. The number of carbonyl (C=O) groups is 2. The highest BCUT2D eigenvalue weighted by Crippen LogP contribution is 2.57. The quantitative estimate of drug-likeness (QED) is 0.274. The van der Waals surface area contributed by atoms with E-state index in [4.69, 9.17) is 25.8 Å². The maximum atomic E-state index is 12.0. The molecular formula is C19H30ClNO6S. The molecule has 2 unspecified atom stereocenters. The van der Waals surface area contributed by atoms with Crippen molar-refractivity contribution in [3.8, 4) is 0 Å². The number of ether oxygens (including phenoxy) is 3. The van der Waals surface area contributed by atoms with Crippen molar-refractivity contribution < 1.29 is 28.9 Å². The van der Waals surface area contributed by atoms with Crippen LogP contribution in [0.15, 0.2) is 11.6 Å².